The third-order valence-corrected chi connectivity index (χ3v) is 5.52. The first kappa shape index (κ1) is 15.0. The van der Waals surface area contributed by atoms with Crippen LogP contribution in [0.3, 0.4) is 0 Å². The normalized spacial score (nSPS) is 19.5. The lowest BCUT2D eigenvalue weighted by atomic mass is 9.98. The summed E-state index contributed by atoms with van der Waals surface area (Å²) in [5.41, 5.74) is 0.606. The fourth-order valence-electron chi connectivity index (χ4n) is 2.32. The number of thiophene rings is 1. The van der Waals surface area contributed by atoms with E-state index in [0.29, 0.717) is 12.1 Å². The van der Waals surface area contributed by atoms with Gasteiger partial charge in [0.05, 0.1) is 19.6 Å². The third-order valence-electron chi connectivity index (χ3n) is 3.19. The Morgan fingerprint density at radius 3 is 2.74 bits per heavy atom. The van der Waals surface area contributed by atoms with Crippen LogP contribution in [0.15, 0.2) is 13.6 Å². The molecular weight excluding hydrogens is 398 g/mol. The predicted molar refractivity (Wildman–Crippen MR) is 80.6 cm³/mol. The number of aliphatic carboxylic acids is 1. The van der Waals surface area contributed by atoms with Gasteiger partial charge in [0.2, 0.25) is 0 Å². The first-order chi connectivity index (χ1) is 8.99. The van der Waals surface area contributed by atoms with Gasteiger partial charge in [-0.05, 0) is 57.2 Å². The van der Waals surface area contributed by atoms with Crippen LogP contribution >= 0.6 is 43.2 Å². The Morgan fingerprint density at radius 2 is 2.16 bits per heavy atom. The average molecular weight is 411 g/mol. The number of carbonyl (C=O) groups is 2. The maximum absolute atomic E-state index is 12.5. The fraction of sp³-hybridized carbons (Fsp3) is 0.500. The molecule has 2 heterocycles. The molecule has 1 saturated heterocycles. The third kappa shape index (κ3) is 3.58. The predicted octanol–water partition coefficient (Wildman–Crippen LogP) is 3.74. The van der Waals surface area contributed by atoms with E-state index in [-0.39, 0.29) is 18.4 Å². The van der Waals surface area contributed by atoms with Crippen molar-refractivity contribution in [3.63, 3.8) is 0 Å². The number of piperidine rings is 1. The number of likely N-dealkylation sites (tertiary alicyclic amines) is 1. The number of hydrogen-bond acceptors (Lipinski definition) is 3. The Labute approximate surface area is 132 Å². The number of amides is 1. The highest BCUT2D eigenvalue weighted by Crippen LogP contribution is 2.34. The molecule has 1 amide bonds. The summed E-state index contributed by atoms with van der Waals surface area (Å²) in [6.07, 6.45) is 2.71. The fourth-order valence-corrected chi connectivity index (χ4v) is 5.10. The van der Waals surface area contributed by atoms with Gasteiger partial charge in [-0.25, -0.2) is 0 Å². The van der Waals surface area contributed by atoms with Crippen molar-refractivity contribution in [2.24, 2.45) is 0 Å². The summed E-state index contributed by atoms with van der Waals surface area (Å²) in [5.74, 6) is -0.935. The second kappa shape index (κ2) is 6.37. The molecule has 1 aromatic heterocycles. The van der Waals surface area contributed by atoms with Crippen LogP contribution in [0, 0.1) is 0 Å². The summed E-state index contributed by atoms with van der Waals surface area (Å²) in [7, 11) is 0. The summed E-state index contributed by atoms with van der Waals surface area (Å²) >= 11 is 8.18. The Hall–Kier alpha value is -0.400. The van der Waals surface area contributed by atoms with E-state index in [1.807, 2.05) is 0 Å². The zero-order valence-electron chi connectivity index (χ0n) is 10.1. The number of rotatable bonds is 3. The lowest BCUT2D eigenvalue weighted by Gasteiger charge is -2.35. The minimum atomic E-state index is -0.852. The molecule has 0 saturated carbocycles. The first-order valence-electron chi connectivity index (χ1n) is 5.96. The number of nitrogens with zero attached hydrogens (tertiary/aromatic N) is 1. The molecule has 0 radical (unpaired) electrons. The lowest BCUT2D eigenvalue weighted by Crippen LogP contribution is -2.44. The van der Waals surface area contributed by atoms with E-state index in [1.54, 1.807) is 11.0 Å². The number of halogens is 2. The SMILES string of the molecule is O=C(O)CC1CCCCN1C(=O)c1cc(Br)sc1Br. The summed E-state index contributed by atoms with van der Waals surface area (Å²) in [6.45, 7) is 0.636. The quantitative estimate of drug-likeness (QED) is 0.825. The van der Waals surface area contributed by atoms with Gasteiger partial charge < -0.3 is 10.0 Å². The molecule has 1 aromatic rings. The molecule has 1 atom stereocenters. The Balaban J connectivity index is 2.19. The van der Waals surface area contributed by atoms with Crippen LogP contribution < -0.4 is 0 Å². The Morgan fingerprint density at radius 1 is 1.42 bits per heavy atom. The molecule has 0 spiro atoms. The van der Waals surface area contributed by atoms with Crippen molar-refractivity contribution < 1.29 is 14.7 Å². The summed E-state index contributed by atoms with van der Waals surface area (Å²) < 4.78 is 1.67. The van der Waals surface area contributed by atoms with E-state index >= 15 is 0 Å². The molecule has 1 fully saturated rings. The van der Waals surface area contributed by atoms with Crippen molar-refractivity contribution in [3.8, 4) is 0 Å². The van der Waals surface area contributed by atoms with Crippen molar-refractivity contribution in [3.05, 3.63) is 19.2 Å². The highest BCUT2D eigenvalue weighted by molar-refractivity contribution is 9.12. The minimum absolute atomic E-state index is 0.0225. The van der Waals surface area contributed by atoms with Gasteiger partial charge in [-0.15, -0.1) is 11.3 Å². The van der Waals surface area contributed by atoms with E-state index in [4.69, 9.17) is 5.11 Å². The van der Waals surface area contributed by atoms with E-state index in [1.165, 1.54) is 11.3 Å². The van der Waals surface area contributed by atoms with Crippen molar-refractivity contribution in [1.82, 2.24) is 4.90 Å². The topological polar surface area (TPSA) is 57.6 Å². The molecule has 1 unspecified atom stereocenters. The van der Waals surface area contributed by atoms with E-state index in [0.717, 1.165) is 26.8 Å². The van der Waals surface area contributed by atoms with Crippen LogP contribution in [0.1, 0.15) is 36.0 Å². The molecule has 19 heavy (non-hydrogen) atoms. The number of carbonyl (C=O) groups excluding carboxylic acids is 1. The molecule has 1 aliphatic rings. The smallest absolute Gasteiger partial charge is 0.305 e. The standard InChI is InChI=1S/C12H13Br2NO3S/c13-9-6-8(11(14)19-9)12(18)15-4-2-1-3-7(15)5-10(16)17/h6-7H,1-5H2,(H,16,17). The van der Waals surface area contributed by atoms with Gasteiger partial charge in [0.15, 0.2) is 0 Å². The van der Waals surface area contributed by atoms with Crippen molar-refractivity contribution in [1.29, 1.82) is 0 Å². The highest BCUT2D eigenvalue weighted by Gasteiger charge is 2.30. The lowest BCUT2D eigenvalue weighted by molar-refractivity contribution is -0.138. The molecule has 1 aliphatic heterocycles. The maximum atomic E-state index is 12.5. The van der Waals surface area contributed by atoms with Gasteiger partial charge in [-0.3, -0.25) is 9.59 Å². The summed E-state index contributed by atoms with van der Waals surface area (Å²) in [6, 6.07) is 1.59. The zero-order valence-corrected chi connectivity index (χ0v) is 14.1. The molecular formula is C12H13Br2NO3S. The number of carboxylic acid groups (broad SMARTS) is 1. The van der Waals surface area contributed by atoms with Crippen LogP contribution in [-0.4, -0.2) is 34.5 Å². The van der Waals surface area contributed by atoms with Gasteiger partial charge in [0.1, 0.15) is 0 Å². The molecule has 0 aromatic carbocycles. The highest BCUT2D eigenvalue weighted by atomic mass is 79.9. The van der Waals surface area contributed by atoms with Gasteiger partial charge in [-0.2, -0.15) is 0 Å². The van der Waals surface area contributed by atoms with Gasteiger partial charge in [0, 0.05) is 12.6 Å². The van der Waals surface area contributed by atoms with Crippen LogP contribution in [0.4, 0.5) is 0 Å². The van der Waals surface area contributed by atoms with Crippen molar-refractivity contribution in [2.75, 3.05) is 6.54 Å². The molecule has 1 N–H and O–H groups in total. The van der Waals surface area contributed by atoms with Crippen molar-refractivity contribution in [2.45, 2.75) is 31.7 Å². The number of carboxylic acids is 1. The van der Waals surface area contributed by atoms with Crippen LogP contribution in [0.2, 0.25) is 0 Å². The largest absolute Gasteiger partial charge is 0.481 e. The molecule has 2 rings (SSSR count). The maximum Gasteiger partial charge on any atom is 0.305 e. The second-order valence-corrected chi connectivity index (χ2v) is 8.23. The average Bonchev–Trinajstić information content (AvgIpc) is 2.67. The van der Waals surface area contributed by atoms with Gasteiger partial charge in [0.25, 0.3) is 5.91 Å². The first-order valence-corrected chi connectivity index (χ1v) is 8.37. The molecule has 7 heteroatoms. The summed E-state index contributed by atoms with van der Waals surface area (Å²) in [5, 5.41) is 8.94. The number of hydrogen-bond donors (Lipinski definition) is 1. The van der Waals surface area contributed by atoms with Crippen molar-refractivity contribution >= 4 is 55.1 Å². The van der Waals surface area contributed by atoms with Crippen LogP contribution in [0.5, 0.6) is 0 Å². The monoisotopic (exact) mass is 409 g/mol. The van der Waals surface area contributed by atoms with Crippen LogP contribution in [0.25, 0.3) is 0 Å². The van der Waals surface area contributed by atoms with Gasteiger partial charge >= 0.3 is 5.97 Å². The molecule has 104 valence electrons. The van der Waals surface area contributed by atoms with E-state index < -0.39 is 5.97 Å². The second-order valence-electron chi connectivity index (χ2n) is 4.48. The van der Waals surface area contributed by atoms with Gasteiger partial charge in [-0.1, -0.05) is 0 Å². The van der Waals surface area contributed by atoms with Crippen LogP contribution in [-0.2, 0) is 4.79 Å². The molecule has 0 bridgehead atoms. The minimum Gasteiger partial charge on any atom is -0.481 e. The van der Waals surface area contributed by atoms with E-state index in [2.05, 4.69) is 31.9 Å². The van der Waals surface area contributed by atoms with E-state index in [9.17, 15) is 9.59 Å². The molecule has 0 aliphatic carbocycles. The molecule has 4 nitrogen and oxygen atoms in total. The summed E-state index contributed by atoms with van der Waals surface area (Å²) in [4.78, 5) is 25.1. The Kier molecular flexibility index (Phi) is 5.03. The Bertz CT molecular complexity index is 503. The zero-order chi connectivity index (χ0) is 14.0.